The highest BCUT2D eigenvalue weighted by Crippen LogP contribution is 2.24. The topological polar surface area (TPSA) is 125 Å². The Morgan fingerprint density at radius 3 is 2.13 bits per heavy atom. The molecule has 0 heterocycles. The summed E-state index contributed by atoms with van der Waals surface area (Å²) in [6, 6.07) is 19.1. The molecule has 5 N–H and O–H groups in total. The van der Waals surface area contributed by atoms with Gasteiger partial charge in [0.15, 0.2) is 5.11 Å². The molecule has 13 heteroatoms. The number of aliphatic imine (C=N–C) groups is 2. The van der Waals surface area contributed by atoms with E-state index in [-0.39, 0.29) is 22.6 Å². The van der Waals surface area contributed by atoms with Crippen molar-refractivity contribution < 1.29 is 22.7 Å². The van der Waals surface area contributed by atoms with Crippen molar-refractivity contribution in [3.8, 4) is 5.75 Å². The van der Waals surface area contributed by atoms with Crippen LogP contribution in [0.5, 0.6) is 5.75 Å². The van der Waals surface area contributed by atoms with Gasteiger partial charge in [-0.2, -0.15) is 5.10 Å². The van der Waals surface area contributed by atoms with Gasteiger partial charge < -0.3 is 21.1 Å². The van der Waals surface area contributed by atoms with E-state index in [4.69, 9.17) is 18.0 Å². The third-order valence-corrected chi connectivity index (χ3v) is 4.72. The Morgan fingerprint density at radius 2 is 1.55 bits per heavy atom. The predicted octanol–water partition coefficient (Wildman–Crippen LogP) is 4.93. The quantitative estimate of drug-likeness (QED) is 0.139. The van der Waals surface area contributed by atoms with E-state index in [1.807, 2.05) is 0 Å². The normalized spacial score (nSPS) is 11.9. The molecule has 0 spiro atoms. The van der Waals surface area contributed by atoms with Crippen molar-refractivity contribution in [2.75, 3.05) is 10.6 Å². The van der Waals surface area contributed by atoms with Crippen molar-refractivity contribution in [2.24, 2.45) is 20.8 Å². The Morgan fingerprint density at radius 1 is 0.947 bits per heavy atom. The molecule has 196 valence electrons. The van der Waals surface area contributed by atoms with Crippen LogP contribution in [0.2, 0.25) is 0 Å². The summed E-state index contributed by atoms with van der Waals surface area (Å²) in [6.45, 7) is 1.43. The number of nitrogens with two attached hydrogens (primary N) is 1. The zero-order chi connectivity index (χ0) is 27.5. The van der Waals surface area contributed by atoms with Crippen molar-refractivity contribution >= 4 is 58.7 Å². The van der Waals surface area contributed by atoms with Crippen LogP contribution in [-0.2, 0) is 4.79 Å². The van der Waals surface area contributed by atoms with E-state index in [1.165, 1.54) is 25.4 Å². The number of rotatable bonds is 8. The van der Waals surface area contributed by atoms with E-state index < -0.39 is 6.36 Å². The molecule has 0 atom stereocenters. The molecule has 0 bridgehead atoms. The first-order chi connectivity index (χ1) is 18.1. The third kappa shape index (κ3) is 9.70. The fourth-order valence-electron chi connectivity index (χ4n) is 2.87. The second-order valence-electron chi connectivity index (χ2n) is 7.51. The molecule has 0 aliphatic rings. The van der Waals surface area contributed by atoms with Crippen molar-refractivity contribution in [3.63, 3.8) is 0 Å². The standard InChI is InChI=1S/C25H22F3N7O2S/c1-16(36)33-20-6-8-21(9-7-20)34-24(38)35-32-14-17-2-4-18(5-3-17)23(29)31-15-30-19-10-12-22(13-11-19)37-25(26,27)28/h2-15H,1H3,(H,33,36)(H2,29,30,31)(H2,34,35,38)/b32-14+. The number of nitrogens with one attached hydrogen (secondary N) is 3. The fraction of sp³-hybridized carbons (Fsp3) is 0.0800. The van der Waals surface area contributed by atoms with Gasteiger partial charge in [-0.05, 0) is 66.3 Å². The Hall–Kier alpha value is -4.78. The average Bonchev–Trinajstić information content (AvgIpc) is 2.85. The maximum absolute atomic E-state index is 12.2. The van der Waals surface area contributed by atoms with E-state index in [9.17, 15) is 18.0 Å². The van der Waals surface area contributed by atoms with Crippen molar-refractivity contribution in [1.82, 2.24) is 5.43 Å². The maximum Gasteiger partial charge on any atom is 0.573 e. The number of carbonyl (C=O) groups excluding carboxylic acids is 1. The molecule has 0 aliphatic heterocycles. The van der Waals surface area contributed by atoms with Crippen LogP contribution in [0.15, 0.2) is 87.9 Å². The second-order valence-corrected chi connectivity index (χ2v) is 7.91. The summed E-state index contributed by atoms with van der Waals surface area (Å²) in [5.41, 5.74) is 11.9. The first kappa shape index (κ1) is 27.8. The number of halogens is 3. The molecule has 3 rings (SSSR count). The number of nitrogens with zero attached hydrogens (tertiary/aromatic N) is 3. The number of benzene rings is 3. The lowest BCUT2D eigenvalue weighted by molar-refractivity contribution is -0.274. The highest BCUT2D eigenvalue weighted by molar-refractivity contribution is 7.80. The lowest BCUT2D eigenvalue weighted by Crippen LogP contribution is -2.23. The molecule has 0 fully saturated rings. The number of anilines is 2. The minimum absolute atomic E-state index is 0.153. The molecule has 3 aromatic carbocycles. The number of carbonyl (C=O) groups is 1. The minimum Gasteiger partial charge on any atom is -0.406 e. The Labute approximate surface area is 221 Å². The highest BCUT2D eigenvalue weighted by atomic mass is 32.1. The van der Waals surface area contributed by atoms with Crippen LogP contribution in [0, 0.1) is 0 Å². The SMILES string of the molecule is CC(=O)Nc1ccc(NC(=S)N/N=C/c2ccc(C(N)=NC=Nc3ccc(OC(F)(F)F)cc3)cc2)cc1. The number of hydrogen-bond donors (Lipinski definition) is 4. The lowest BCUT2D eigenvalue weighted by Gasteiger charge is -2.08. The van der Waals surface area contributed by atoms with Gasteiger partial charge in [0.05, 0.1) is 11.9 Å². The van der Waals surface area contributed by atoms with E-state index in [2.05, 4.69) is 35.9 Å². The van der Waals surface area contributed by atoms with E-state index >= 15 is 0 Å². The molecule has 3 aromatic rings. The summed E-state index contributed by atoms with van der Waals surface area (Å²) >= 11 is 5.21. The molecule has 0 unspecified atom stereocenters. The summed E-state index contributed by atoms with van der Waals surface area (Å²) in [5.74, 6) is -0.298. The van der Waals surface area contributed by atoms with E-state index in [0.29, 0.717) is 16.9 Å². The van der Waals surface area contributed by atoms with Crippen molar-refractivity contribution in [1.29, 1.82) is 0 Å². The zero-order valence-corrected chi connectivity index (χ0v) is 20.7. The van der Waals surface area contributed by atoms with Crippen LogP contribution < -0.4 is 26.5 Å². The Balaban J connectivity index is 1.48. The Bertz CT molecular complexity index is 1340. The molecule has 0 radical (unpaired) electrons. The molecular formula is C25H22F3N7O2S. The molecule has 38 heavy (non-hydrogen) atoms. The molecular weight excluding hydrogens is 519 g/mol. The third-order valence-electron chi connectivity index (χ3n) is 4.52. The second kappa shape index (κ2) is 13.0. The number of amides is 1. The monoisotopic (exact) mass is 541 g/mol. The van der Waals surface area contributed by atoms with Crippen LogP contribution in [-0.4, -0.2) is 35.8 Å². The van der Waals surface area contributed by atoms with Gasteiger partial charge in [-0.15, -0.1) is 13.2 Å². The van der Waals surface area contributed by atoms with Crippen LogP contribution in [0.3, 0.4) is 0 Å². The van der Waals surface area contributed by atoms with E-state index in [0.717, 1.165) is 23.4 Å². The van der Waals surface area contributed by atoms with E-state index in [1.54, 1.807) is 54.7 Å². The molecule has 0 aromatic heterocycles. The predicted molar refractivity (Wildman–Crippen MR) is 146 cm³/mol. The lowest BCUT2D eigenvalue weighted by atomic mass is 10.1. The van der Waals surface area contributed by atoms with Crippen molar-refractivity contribution in [2.45, 2.75) is 13.3 Å². The summed E-state index contributed by atoms with van der Waals surface area (Å²) in [4.78, 5) is 19.2. The number of hydrogen-bond acceptors (Lipinski definition) is 5. The minimum atomic E-state index is -4.75. The molecule has 0 saturated heterocycles. The summed E-state index contributed by atoms with van der Waals surface area (Å²) < 4.78 is 40.4. The number of thiocarbonyl (C=S) groups is 1. The van der Waals surface area contributed by atoms with Crippen LogP contribution in [0.4, 0.5) is 30.2 Å². The van der Waals surface area contributed by atoms with Crippen LogP contribution in [0.1, 0.15) is 18.1 Å². The number of hydrazone groups is 1. The van der Waals surface area contributed by atoms with Gasteiger partial charge in [0.25, 0.3) is 0 Å². The molecule has 9 nitrogen and oxygen atoms in total. The fourth-order valence-corrected chi connectivity index (χ4v) is 3.04. The van der Waals surface area contributed by atoms with Gasteiger partial charge in [-0.25, -0.2) is 9.98 Å². The largest absolute Gasteiger partial charge is 0.573 e. The molecule has 0 saturated carbocycles. The summed E-state index contributed by atoms with van der Waals surface area (Å²) in [5, 5.41) is 10.0. The number of ether oxygens (including phenoxy) is 1. The van der Waals surface area contributed by atoms with Crippen LogP contribution >= 0.6 is 12.2 Å². The van der Waals surface area contributed by atoms with Gasteiger partial charge in [0.2, 0.25) is 5.91 Å². The summed E-state index contributed by atoms with van der Waals surface area (Å²) in [7, 11) is 0. The van der Waals surface area contributed by atoms with Gasteiger partial charge in [0, 0.05) is 23.9 Å². The van der Waals surface area contributed by atoms with Crippen LogP contribution in [0.25, 0.3) is 0 Å². The van der Waals surface area contributed by atoms with Gasteiger partial charge >= 0.3 is 6.36 Å². The maximum atomic E-state index is 12.2. The summed E-state index contributed by atoms with van der Waals surface area (Å²) in [6.07, 6.45) is -1.98. The highest BCUT2D eigenvalue weighted by Gasteiger charge is 2.30. The number of amidine groups is 1. The zero-order valence-electron chi connectivity index (χ0n) is 19.9. The Kier molecular flexibility index (Phi) is 9.48. The molecule has 1 amide bonds. The smallest absolute Gasteiger partial charge is 0.406 e. The average molecular weight is 542 g/mol. The van der Waals surface area contributed by atoms with Gasteiger partial charge in [0.1, 0.15) is 17.9 Å². The first-order valence-electron chi connectivity index (χ1n) is 10.9. The van der Waals surface area contributed by atoms with Gasteiger partial charge in [-0.3, -0.25) is 10.2 Å². The van der Waals surface area contributed by atoms with Crippen molar-refractivity contribution in [3.05, 3.63) is 83.9 Å². The molecule has 0 aliphatic carbocycles. The number of alkyl halides is 3. The first-order valence-corrected chi connectivity index (χ1v) is 11.3. The van der Waals surface area contributed by atoms with Gasteiger partial charge in [-0.1, -0.05) is 24.3 Å².